The maximum atomic E-state index is 13.7. The van der Waals surface area contributed by atoms with Crippen molar-refractivity contribution >= 4 is 46.0 Å². The van der Waals surface area contributed by atoms with E-state index >= 15 is 0 Å². The third-order valence-corrected chi connectivity index (χ3v) is 9.41. The summed E-state index contributed by atoms with van der Waals surface area (Å²) < 4.78 is 4.20. The van der Waals surface area contributed by atoms with E-state index in [4.69, 9.17) is 4.74 Å². The van der Waals surface area contributed by atoms with Crippen LogP contribution in [0.15, 0.2) is 42.5 Å². The molecule has 5 rings (SSSR count). The summed E-state index contributed by atoms with van der Waals surface area (Å²) in [6, 6.07) is 12.8. The Labute approximate surface area is 196 Å². The first-order valence-electron chi connectivity index (χ1n) is 11.4. The zero-order chi connectivity index (χ0) is 23.4. The maximum Gasteiger partial charge on any atom is 0.311 e. The number of fused-ring (bicyclic) bond motifs is 2. The van der Waals surface area contributed by atoms with E-state index in [-0.39, 0.29) is 37.5 Å². The number of amides is 2. The second-order valence-electron chi connectivity index (χ2n) is 9.29. The van der Waals surface area contributed by atoms with E-state index in [1.165, 1.54) is 4.90 Å². The molecule has 3 aliphatic rings. The van der Waals surface area contributed by atoms with Gasteiger partial charge in [0.15, 0.2) is 0 Å². The fourth-order valence-corrected chi connectivity index (χ4v) is 8.49. The Kier molecular flexibility index (Phi) is 5.40. The highest BCUT2D eigenvalue weighted by Gasteiger charge is 2.77. The second-order valence-corrected chi connectivity index (χ2v) is 11.2. The number of nitrogens with zero attached hydrogens (tertiary/aromatic N) is 1. The number of esters is 1. The number of hydrogen-bond acceptors (Lipinski definition) is 6. The van der Waals surface area contributed by atoms with Crippen LogP contribution in [0.4, 0.5) is 5.69 Å². The highest BCUT2D eigenvalue weighted by Crippen LogP contribution is 2.71. The predicted molar refractivity (Wildman–Crippen MR) is 127 cm³/mol. The Bertz CT molecular complexity index is 1140. The van der Waals surface area contributed by atoms with Crippen LogP contribution in [0, 0.1) is 11.8 Å². The van der Waals surface area contributed by atoms with Gasteiger partial charge in [-0.3, -0.25) is 14.4 Å². The van der Waals surface area contributed by atoms with Gasteiger partial charge in [0.05, 0.1) is 29.8 Å². The van der Waals surface area contributed by atoms with Gasteiger partial charge < -0.3 is 20.1 Å². The number of carbonyl (C=O) groups excluding carboxylic acids is 3. The van der Waals surface area contributed by atoms with Crippen LogP contribution >= 0.6 is 11.8 Å². The Morgan fingerprint density at radius 3 is 2.70 bits per heavy atom. The Hall–Kier alpha value is -2.58. The van der Waals surface area contributed by atoms with Crippen LogP contribution < -0.4 is 5.32 Å². The zero-order valence-corrected chi connectivity index (χ0v) is 19.6. The summed E-state index contributed by atoms with van der Waals surface area (Å²) in [5, 5.41) is 14.8. The molecule has 8 heteroatoms. The number of aliphatic hydroxyl groups excluding tert-OH is 1. The predicted octanol–water partition coefficient (Wildman–Crippen LogP) is 2.82. The maximum absolute atomic E-state index is 13.7. The molecule has 3 heterocycles. The fourth-order valence-electron chi connectivity index (χ4n) is 6.14. The molecule has 2 aromatic rings. The summed E-state index contributed by atoms with van der Waals surface area (Å²) >= 11 is 1.59. The van der Waals surface area contributed by atoms with Crippen LogP contribution in [0.1, 0.15) is 26.7 Å². The molecule has 3 saturated heterocycles. The quantitative estimate of drug-likeness (QED) is 0.633. The molecular weight excluding hydrogens is 440 g/mol. The number of nitrogens with one attached hydrogen (secondary N) is 1. The molecule has 174 valence electrons. The smallest absolute Gasteiger partial charge is 0.311 e. The molecule has 2 amide bonds. The summed E-state index contributed by atoms with van der Waals surface area (Å²) in [7, 11) is 0. The number of β-amino-alcohol motifs (C(OH)–C–C–N with tert-alkyl or cyclic N) is 1. The molecule has 7 nitrogen and oxygen atoms in total. The third kappa shape index (κ3) is 3.26. The van der Waals surface area contributed by atoms with Gasteiger partial charge in [0.2, 0.25) is 11.8 Å². The molecule has 2 aromatic carbocycles. The van der Waals surface area contributed by atoms with Gasteiger partial charge in [-0.25, -0.2) is 0 Å². The van der Waals surface area contributed by atoms with Gasteiger partial charge >= 0.3 is 5.97 Å². The largest absolute Gasteiger partial charge is 0.466 e. The topological polar surface area (TPSA) is 95.9 Å². The molecule has 1 spiro atoms. The van der Waals surface area contributed by atoms with E-state index in [2.05, 4.69) is 5.32 Å². The number of hydrogen-bond donors (Lipinski definition) is 2. The summed E-state index contributed by atoms with van der Waals surface area (Å²) in [6.07, 6.45) is 1.40. The van der Waals surface area contributed by atoms with Crippen molar-refractivity contribution in [3.05, 3.63) is 42.5 Å². The van der Waals surface area contributed by atoms with Crippen LogP contribution in [0.3, 0.4) is 0 Å². The minimum atomic E-state index is -0.764. The molecular formula is C25H28N2O5S. The van der Waals surface area contributed by atoms with Gasteiger partial charge in [0, 0.05) is 17.0 Å². The van der Waals surface area contributed by atoms with E-state index in [0.717, 1.165) is 17.2 Å². The molecule has 3 aliphatic heterocycles. The average molecular weight is 469 g/mol. The highest BCUT2D eigenvalue weighted by atomic mass is 32.2. The number of aliphatic hydroxyl groups is 1. The minimum absolute atomic E-state index is 0.0553. The van der Waals surface area contributed by atoms with Crippen molar-refractivity contribution < 1.29 is 24.2 Å². The molecule has 0 aromatic heterocycles. The SMILES string of the molecule is CCOC(=O)[C@@H]1[C@H]2C(=O)N(CCO)C(C(=O)Nc3ccc4ccccc4c3)C23CC[C@@]1(C)S3. The van der Waals surface area contributed by atoms with E-state index < -0.39 is 27.4 Å². The number of anilines is 1. The highest BCUT2D eigenvalue weighted by molar-refractivity contribution is 8.02. The molecule has 2 N–H and O–H groups in total. The number of thioether (sulfide) groups is 1. The number of ether oxygens (including phenoxy) is 1. The lowest BCUT2D eigenvalue weighted by molar-refractivity contribution is -0.155. The number of carbonyl (C=O) groups is 3. The summed E-state index contributed by atoms with van der Waals surface area (Å²) in [5.41, 5.74) is 0.653. The number of benzene rings is 2. The minimum Gasteiger partial charge on any atom is -0.466 e. The standard InChI is InChI=1S/C25H28N2O5S/c1-3-32-23(31)19-18-22(30)27(12-13-28)20(25(18)11-10-24(19,2)33-25)21(29)26-17-9-8-15-6-4-5-7-16(15)14-17/h4-9,14,18-20,28H,3,10-13H2,1-2H3,(H,26,29)/t18-,19-,20?,24+,25?/m0/s1. The molecule has 2 bridgehead atoms. The Morgan fingerprint density at radius 2 is 1.97 bits per heavy atom. The third-order valence-electron chi connectivity index (χ3n) is 7.42. The lowest BCUT2D eigenvalue weighted by Gasteiger charge is -2.34. The van der Waals surface area contributed by atoms with Gasteiger partial charge in [0.25, 0.3) is 0 Å². The normalized spacial score (nSPS) is 32.3. The van der Waals surface area contributed by atoms with Crippen molar-refractivity contribution in [1.29, 1.82) is 0 Å². The van der Waals surface area contributed by atoms with Gasteiger partial charge in [-0.1, -0.05) is 30.3 Å². The fraction of sp³-hybridized carbons (Fsp3) is 0.480. The molecule has 0 saturated carbocycles. The van der Waals surface area contributed by atoms with Gasteiger partial charge in [-0.2, -0.15) is 0 Å². The van der Waals surface area contributed by atoms with Gasteiger partial charge in [-0.15, -0.1) is 11.8 Å². The first-order chi connectivity index (χ1) is 15.8. The lowest BCUT2D eigenvalue weighted by atomic mass is 9.66. The first-order valence-corrected chi connectivity index (χ1v) is 12.2. The zero-order valence-electron chi connectivity index (χ0n) is 18.7. The van der Waals surface area contributed by atoms with Crippen LogP contribution in [-0.2, 0) is 19.1 Å². The van der Waals surface area contributed by atoms with E-state index in [9.17, 15) is 19.5 Å². The van der Waals surface area contributed by atoms with Gasteiger partial charge in [-0.05, 0) is 49.6 Å². The monoisotopic (exact) mass is 468 g/mol. The lowest BCUT2D eigenvalue weighted by Crippen LogP contribution is -2.52. The van der Waals surface area contributed by atoms with Crippen LogP contribution in [0.25, 0.3) is 10.8 Å². The Morgan fingerprint density at radius 1 is 1.21 bits per heavy atom. The van der Waals surface area contributed by atoms with Crippen molar-refractivity contribution in [2.24, 2.45) is 11.8 Å². The van der Waals surface area contributed by atoms with E-state index in [1.807, 2.05) is 49.4 Å². The van der Waals surface area contributed by atoms with Crippen molar-refractivity contribution in [3.8, 4) is 0 Å². The molecule has 33 heavy (non-hydrogen) atoms. The molecule has 5 atom stereocenters. The number of rotatable bonds is 6. The van der Waals surface area contributed by atoms with Crippen molar-refractivity contribution in [2.75, 3.05) is 25.1 Å². The average Bonchev–Trinajstić information content (AvgIpc) is 3.35. The molecule has 3 fully saturated rings. The van der Waals surface area contributed by atoms with Crippen LogP contribution in [-0.4, -0.2) is 63.1 Å². The molecule has 0 radical (unpaired) electrons. The van der Waals surface area contributed by atoms with E-state index in [1.54, 1.807) is 18.7 Å². The van der Waals surface area contributed by atoms with Crippen LogP contribution in [0.2, 0.25) is 0 Å². The molecule has 2 unspecified atom stereocenters. The Balaban J connectivity index is 1.50. The second kappa shape index (κ2) is 8.02. The van der Waals surface area contributed by atoms with Gasteiger partial charge in [0.1, 0.15) is 6.04 Å². The first kappa shape index (κ1) is 22.2. The summed E-state index contributed by atoms with van der Waals surface area (Å²) in [4.78, 5) is 41.7. The van der Waals surface area contributed by atoms with Crippen molar-refractivity contribution in [3.63, 3.8) is 0 Å². The van der Waals surface area contributed by atoms with Crippen LogP contribution in [0.5, 0.6) is 0 Å². The summed E-state index contributed by atoms with van der Waals surface area (Å²) in [6.45, 7) is 3.81. The summed E-state index contributed by atoms with van der Waals surface area (Å²) in [5.74, 6) is -2.11. The molecule has 0 aliphatic carbocycles. The number of likely N-dealkylation sites (tertiary alicyclic amines) is 1. The van der Waals surface area contributed by atoms with Crippen molar-refractivity contribution in [1.82, 2.24) is 4.90 Å². The van der Waals surface area contributed by atoms with Crippen molar-refractivity contribution in [2.45, 2.75) is 42.2 Å². The van der Waals surface area contributed by atoms with E-state index in [0.29, 0.717) is 12.1 Å².